The molecule has 0 aliphatic carbocycles. The number of carbonyl (C=O) groups excluding carboxylic acids is 1. The molecule has 0 aromatic heterocycles. The number of hydrogen-bond acceptors (Lipinski definition) is 3. The number of rotatable bonds is 3. The number of esters is 1. The van der Waals surface area contributed by atoms with Crippen LogP contribution in [0.3, 0.4) is 0 Å². The number of thioether (sulfide) groups is 1. The minimum atomic E-state index is -0.170. The lowest BCUT2D eigenvalue weighted by molar-refractivity contribution is -0.139. The van der Waals surface area contributed by atoms with E-state index in [1.807, 2.05) is 11.8 Å². The van der Waals surface area contributed by atoms with Crippen LogP contribution in [0, 0.1) is 0 Å². The van der Waals surface area contributed by atoms with Crippen LogP contribution in [0.5, 0.6) is 0 Å². The first-order chi connectivity index (χ1) is 6.24. The first-order valence-electron chi connectivity index (χ1n) is 4.60. The van der Waals surface area contributed by atoms with Crippen molar-refractivity contribution in [3.8, 4) is 0 Å². The molecular weight excluding hydrogens is 184 g/mol. The monoisotopic (exact) mass is 200 g/mol. The molecule has 1 heterocycles. The van der Waals surface area contributed by atoms with E-state index < -0.39 is 0 Å². The van der Waals surface area contributed by atoms with Crippen LogP contribution < -0.4 is 0 Å². The van der Waals surface area contributed by atoms with Crippen molar-refractivity contribution in [3.63, 3.8) is 0 Å². The Kier molecular flexibility index (Phi) is 4.36. The fourth-order valence-electron chi connectivity index (χ4n) is 1.43. The van der Waals surface area contributed by atoms with Crippen LogP contribution >= 0.6 is 11.8 Å². The standard InChI is InChI=1S/C10H16O2S/c1-8(7-10(11)12-2)9-5-3-4-6-13-9/h9H,1,3-7H2,2H3. The van der Waals surface area contributed by atoms with Crippen molar-refractivity contribution in [1.29, 1.82) is 0 Å². The van der Waals surface area contributed by atoms with Gasteiger partial charge in [0.1, 0.15) is 0 Å². The Morgan fingerprint density at radius 1 is 1.62 bits per heavy atom. The Morgan fingerprint density at radius 2 is 2.38 bits per heavy atom. The smallest absolute Gasteiger partial charge is 0.309 e. The highest BCUT2D eigenvalue weighted by Gasteiger charge is 2.18. The summed E-state index contributed by atoms with van der Waals surface area (Å²) in [5, 5.41) is 0.479. The molecule has 0 spiro atoms. The average molecular weight is 200 g/mol. The largest absolute Gasteiger partial charge is 0.469 e. The van der Waals surface area contributed by atoms with Crippen LogP contribution in [0.25, 0.3) is 0 Å². The summed E-state index contributed by atoms with van der Waals surface area (Å²) in [6, 6.07) is 0. The first kappa shape index (κ1) is 10.6. The van der Waals surface area contributed by atoms with Gasteiger partial charge < -0.3 is 4.74 Å². The molecular formula is C10H16O2S. The van der Waals surface area contributed by atoms with Crippen LogP contribution in [-0.2, 0) is 9.53 Å². The van der Waals surface area contributed by atoms with E-state index in [9.17, 15) is 4.79 Å². The maximum Gasteiger partial charge on any atom is 0.309 e. The molecule has 13 heavy (non-hydrogen) atoms. The summed E-state index contributed by atoms with van der Waals surface area (Å²) in [6.07, 6.45) is 4.11. The van der Waals surface area contributed by atoms with E-state index in [0.29, 0.717) is 11.7 Å². The molecule has 1 saturated heterocycles. The second-order valence-corrected chi connectivity index (χ2v) is 4.58. The summed E-state index contributed by atoms with van der Waals surface area (Å²) >= 11 is 1.92. The Morgan fingerprint density at radius 3 is 2.92 bits per heavy atom. The van der Waals surface area contributed by atoms with Gasteiger partial charge in [-0.3, -0.25) is 4.79 Å². The van der Waals surface area contributed by atoms with Crippen molar-refractivity contribution in [2.75, 3.05) is 12.9 Å². The highest BCUT2D eigenvalue weighted by Crippen LogP contribution is 2.31. The van der Waals surface area contributed by atoms with Gasteiger partial charge in [-0.15, -0.1) is 0 Å². The minimum absolute atomic E-state index is 0.170. The van der Waals surface area contributed by atoms with Gasteiger partial charge in [-0.25, -0.2) is 0 Å². The van der Waals surface area contributed by atoms with Crippen LogP contribution in [0.2, 0.25) is 0 Å². The zero-order chi connectivity index (χ0) is 9.68. The molecule has 74 valence electrons. The number of carbonyl (C=O) groups is 1. The van der Waals surface area contributed by atoms with Gasteiger partial charge in [0, 0.05) is 5.25 Å². The van der Waals surface area contributed by atoms with Gasteiger partial charge in [0.05, 0.1) is 13.5 Å². The molecule has 2 nitrogen and oxygen atoms in total. The van der Waals surface area contributed by atoms with E-state index >= 15 is 0 Å². The van der Waals surface area contributed by atoms with E-state index in [2.05, 4.69) is 11.3 Å². The van der Waals surface area contributed by atoms with Crippen molar-refractivity contribution in [3.05, 3.63) is 12.2 Å². The normalized spacial score (nSPS) is 22.4. The topological polar surface area (TPSA) is 26.3 Å². The molecule has 0 saturated carbocycles. The fourth-order valence-corrected chi connectivity index (χ4v) is 2.74. The zero-order valence-electron chi connectivity index (χ0n) is 8.04. The van der Waals surface area contributed by atoms with Gasteiger partial charge in [0.15, 0.2) is 0 Å². The number of ether oxygens (including phenoxy) is 1. The zero-order valence-corrected chi connectivity index (χ0v) is 8.86. The predicted molar refractivity (Wildman–Crippen MR) is 55.9 cm³/mol. The molecule has 1 rings (SSSR count). The number of methoxy groups -OCH3 is 1. The third-order valence-electron chi connectivity index (χ3n) is 2.23. The third-order valence-corrected chi connectivity index (χ3v) is 3.73. The number of hydrogen-bond donors (Lipinski definition) is 0. The van der Waals surface area contributed by atoms with Crippen molar-refractivity contribution < 1.29 is 9.53 Å². The third kappa shape index (κ3) is 3.43. The van der Waals surface area contributed by atoms with Gasteiger partial charge in [-0.2, -0.15) is 11.8 Å². The second-order valence-electron chi connectivity index (χ2n) is 3.27. The lowest BCUT2D eigenvalue weighted by Gasteiger charge is -2.22. The van der Waals surface area contributed by atoms with Crippen LogP contribution in [0.4, 0.5) is 0 Å². The molecule has 0 aromatic carbocycles. The molecule has 0 radical (unpaired) electrons. The van der Waals surface area contributed by atoms with Gasteiger partial charge in [0.25, 0.3) is 0 Å². The molecule has 0 N–H and O–H groups in total. The Balaban J connectivity index is 2.33. The van der Waals surface area contributed by atoms with Crippen molar-refractivity contribution in [2.24, 2.45) is 0 Å². The lowest BCUT2D eigenvalue weighted by atomic mass is 10.1. The summed E-state index contributed by atoms with van der Waals surface area (Å²) in [5.41, 5.74) is 1.02. The van der Waals surface area contributed by atoms with Crippen molar-refractivity contribution in [1.82, 2.24) is 0 Å². The molecule has 1 fully saturated rings. The maximum absolute atomic E-state index is 11.0. The second kappa shape index (κ2) is 5.32. The summed E-state index contributed by atoms with van der Waals surface area (Å²) in [6.45, 7) is 3.94. The SMILES string of the molecule is C=C(CC(=O)OC)C1CCCCS1. The van der Waals surface area contributed by atoms with Gasteiger partial charge >= 0.3 is 5.97 Å². The summed E-state index contributed by atoms with van der Waals surface area (Å²) in [5.74, 6) is 1.03. The highest BCUT2D eigenvalue weighted by molar-refractivity contribution is 8.00. The Bertz CT molecular complexity index is 195. The van der Waals surface area contributed by atoms with E-state index in [-0.39, 0.29) is 5.97 Å². The fraction of sp³-hybridized carbons (Fsp3) is 0.700. The molecule has 1 unspecified atom stereocenters. The Hall–Kier alpha value is -0.440. The molecule has 1 atom stereocenters. The minimum Gasteiger partial charge on any atom is -0.469 e. The summed E-state index contributed by atoms with van der Waals surface area (Å²) in [7, 11) is 1.42. The van der Waals surface area contributed by atoms with Gasteiger partial charge in [-0.05, 0) is 18.6 Å². The van der Waals surface area contributed by atoms with Crippen LogP contribution in [0.1, 0.15) is 25.7 Å². The summed E-state index contributed by atoms with van der Waals surface area (Å²) < 4.78 is 4.60. The molecule has 1 aliphatic heterocycles. The van der Waals surface area contributed by atoms with Crippen LogP contribution in [0.15, 0.2) is 12.2 Å². The van der Waals surface area contributed by atoms with Crippen molar-refractivity contribution >= 4 is 17.7 Å². The summed E-state index contributed by atoms with van der Waals surface area (Å²) in [4.78, 5) is 11.0. The van der Waals surface area contributed by atoms with Gasteiger partial charge in [0.2, 0.25) is 0 Å². The molecule has 1 aliphatic rings. The van der Waals surface area contributed by atoms with E-state index in [4.69, 9.17) is 0 Å². The quantitative estimate of drug-likeness (QED) is 0.517. The predicted octanol–water partition coefficient (Wildman–Crippen LogP) is 2.39. The molecule has 3 heteroatoms. The van der Waals surface area contributed by atoms with Crippen molar-refractivity contribution in [2.45, 2.75) is 30.9 Å². The maximum atomic E-state index is 11.0. The first-order valence-corrected chi connectivity index (χ1v) is 5.65. The Labute approximate surface area is 83.7 Å². The molecule has 0 bridgehead atoms. The van der Waals surface area contributed by atoms with Crippen LogP contribution in [-0.4, -0.2) is 24.1 Å². The van der Waals surface area contributed by atoms with E-state index in [1.54, 1.807) is 0 Å². The average Bonchev–Trinajstić information content (AvgIpc) is 2.19. The van der Waals surface area contributed by atoms with Gasteiger partial charge in [-0.1, -0.05) is 18.6 Å². The van der Waals surface area contributed by atoms with E-state index in [0.717, 1.165) is 5.57 Å². The lowest BCUT2D eigenvalue weighted by Crippen LogP contribution is -2.14. The molecule has 0 aromatic rings. The molecule has 0 amide bonds. The van der Waals surface area contributed by atoms with E-state index in [1.165, 1.54) is 32.1 Å². The highest BCUT2D eigenvalue weighted by atomic mass is 32.2.